The fraction of sp³-hybridized carbons (Fsp3) is 0.455. The maximum atomic E-state index is 5.21. The number of hydrogen-bond acceptors (Lipinski definition) is 3. The molecule has 0 bridgehead atoms. The minimum absolute atomic E-state index is 0.196. The zero-order valence-electron chi connectivity index (χ0n) is 8.68. The van der Waals surface area contributed by atoms with Crippen molar-refractivity contribution >= 4 is 0 Å². The number of hydrogen-bond donors (Lipinski definition) is 2. The molecule has 0 saturated carbocycles. The Hall–Kier alpha value is -0.900. The monoisotopic (exact) mass is 194 g/mol. The van der Waals surface area contributed by atoms with Crippen LogP contribution in [0, 0.1) is 0 Å². The van der Waals surface area contributed by atoms with E-state index in [9.17, 15) is 0 Å². The normalized spacial score (nSPS) is 21.5. The van der Waals surface area contributed by atoms with E-state index in [1.165, 1.54) is 5.57 Å². The molecule has 0 radical (unpaired) electrons. The highest BCUT2D eigenvalue weighted by Crippen LogP contribution is 2.13. The molecule has 0 saturated heterocycles. The molecule has 1 rings (SSSR count). The van der Waals surface area contributed by atoms with Gasteiger partial charge in [-0.3, -0.25) is 4.84 Å². The molecule has 1 atom stereocenters. The lowest BCUT2D eigenvalue weighted by atomic mass is 9.98. The van der Waals surface area contributed by atoms with Crippen molar-refractivity contribution in [3.8, 4) is 0 Å². The minimum atomic E-state index is 0.196. The largest absolute Gasteiger partial charge is 0.311 e. The van der Waals surface area contributed by atoms with Crippen LogP contribution in [-0.4, -0.2) is 25.7 Å². The van der Waals surface area contributed by atoms with Crippen LogP contribution in [0.3, 0.4) is 0 Å². The summed E-state index contributed by atoms with van der Waals surface area (Å²) in [5.41, 5.74) is 5.31. The summed E-state index contributed by atoms with van der Waals surface area (Å²) in [5, 5.41) is 3.26. The molecule has 1 aliphatic rings. The Bertz CT molecular complexity index is 246. The quantitative estimate of drug-likeness (QED) is 0.391. The van der Waals surface area contributed by atoms with Crippen molar-refractivity contribution in [2.75, 3.05) is 19.7 Å². The van der Waals surface area contributed by atoms with Crippen LogP contribution in [0.5, 0.6) is 0 Å². The lowest BCUT2D eigenvalue weighted by Crippen LogP contribution is -2.43. The minimum Gasteiger partial charge on any atom is -0.311 e. The highest BCUT2D eigenvalue weighted by atomic mass is 16.6. The van der Waals surface area contributed by atoms with Gasteiger partial charge in [0.1, 0.15) is 0 Å². The average Bonchev–Trinajstić information content (AvgIpc) is 2.19. The molecule has 0 spiro atoms. The summed E-state index contributed by atoms with van der Waals surface area (Å²) in [6, 6.07) is 0.196. The Morgan fingerprint density at radius 1 is 1.86 bits per heavy atom. The van der Waals surface area contributed by atoms with Crippen LogP contribution in [0.1, 0.15) is 6.92 Å². The van der Waals surface area contributed by atoms with Gasteiger partial charge >= 0.3 is 0 Å². The Balaban J connectivity index is 2.48. The predicted octanol–water partition coefficient (Wildman–Crippen LogP) is 1.17. The van der Waals surface area contributed by atoms with Crippen molar-refractivity contribution in [1.82, 2.24) is 10.8 Å². The first-order valence-electron chi connectivity index (χ1n) is 4.80. The van der Waals surface area contributed by atoms with E-state index in [1.807, 2.05) is 6.92 Å². The molecule has 0 fully saturated rings. The molecule has 0 aromatic rings. The number of rotatable bonds is 5. The van der Waals surface area contributed by atoms with Gasteiger partial charge in [-0.2, -0.15) is 5.48 Å². The summed E-state index contributed by atoms with van der Waals surface area (Å²) < 4.78 is 0. The van der Waals surface area contributed by atoms with Crippen molar-refractivity contribution < 1.29 is 4.84 Å². The number of hydroxylamine groups is 1. The van der Waals surface area contributed by atoms with Crippen molar-refractivity contribution in [2.24, 2.45) is 0 Å². The molecule has 1 aliphatic heterocycles. The van der Waals surface area contributed by atoms with Gasteiger partial charge in [-0.05, 0) is 12.5 Å². The highest BCUT2D eigenvalue weighted by Gasteiger charge is 2.17. The van der Waals surface area contributed by atoms with Gasteiger partial charge in [0, 0.05) is 13.1 Å². The van der Waals surface area contributed by atoms with Gasteiger partial charge in [-0.15, -0.1) is 6.58 Å². The second-order valence-electron chi connectivity index (χ2n) is 3.37. The Labute approximate surface area is 85.5 Å². The van der Waals surface area contributed by atoms with Crippen molar-refractivity contribution in [3.05, 3.63) is 36.5 Å². The van der Waals surface area contributed by atoms with E-state index < -0.39 is 0 Å². The van der Waals surface area contributed by atoms with E-state index in [-0.39, 0.29) is 6.04 Å². The first kappa shape index (κ1) is 11.2. The van der Waals surface area contributed by atoms with Crippen molar-refractivity contribution in [2.45, 2.75) is 13.0 Å². The molecular weight excluding hydrogens is 176 g/mol. The summed E-state index contributed by atoms with van der Waals surface area (Å²) >= 11 is 0. The third-order valence-corrected chi connectivity index (χ3v) is 2.11. The first-order valence-corrected chi connectivity index (χ1v) is 4.80. The molecule has 3 nitrogen and oxygen atoms in total. The zero-order chi connectivity index (χ0) is 10.4. The van der Waals surface area contributed by atoms with Crippen LogP contribution < -0.4 is 10.8 Å². The van der Waals surface area contributed by atoms with Gasteiger partial charge in [0.15, 0.2) is 0 Å². The molecule has 0 unspecified atom stereocenters. The Kier molecular flexibility index (Phi) is 4.59. The summed E-state index contributed by atoms with van der Waals surface area (Å²) in [6.07, 6.45) is 3.86. The molecule has 3 heteroatoms. The first-order chi connectivity index (χ1) is 6.75. The van der Waals surface area contributed by atoms with E-state index in [1.54, 1.807) is 6.08 Å². The maximum absolute atomic E-state index is 5.21. The van der Waals surface area contributed by atoms with E-state index in [0.717, 1.165) is 18.7 Å². The van der Waals surface area contributed by atoms with Crippen LogP contribution in [0.25, 0.3) is 0 Å². The average molecular weight is 194 g/mol. The van der Waals surface area contributed by atoms with Gasteiger partial charge in [0.25, 0.3) is 0 Å². The van der Waals surface area contributed by atoms with Gasteiger partial charge in [0.05, 0.1) is 12.6 Å². The van der Waals surface area contributed by atoms with Crippen molar-refractivity contribution in [1.29, 1.82) is 0 Å². The maximum Gasteiger partial charge on any atom is 0.0861 e. The molecule has 2 N–H and O–H groups in total. The summed E-state index contributed by atoms with van der Waals surface area (Å²) in [7, 11) is 0. The van der Waals surface area contributed by atoms with Gasteiger partial charge in [-0.25, -0.2) is 0 Å². The fourth-order valence-corrected chi connectivity index (χ4v) is 1.45. The molecule has 0 amide bonds. The predicted molar refractivity (Wildman–Crippen MR) is 58.8 cm³/mol. The Morgan fingerprint density at radius 2 is 2.64 bits per heavy atom. The molecule has 0 aromatic carbocycles. The lowest BCUT2D eigenvalue weighted by Gasteiger charge is -2.25. The fourth-order valence-electron chi connectivity index (χ4n) is 1.45. The van der Waals surface area contributed by atoms with Crippen LogP contribution in [-0.2, 0) is 4.84 Å². The molecule has 78 valence electrons. The smallest absolute Gasteiger partial charge is 0.0861 e. The third kappa shape index (κ3) is 3.10. The van der Waals surface area contributed by atoms with Gasteiger partial charge in [-0.1, -0.05) is 24.3 Å². The molecular formula is C11H18N2O. The summed E-state index contributed by atoms with van der Waals surface area (Å²) in [4.78, 5) is 5.21. The number of nitrogens with one attached hydrogen (secondary N) is 2. The van der Waals surface area contributed by atoms with E-state index in [4.69, 9.17) is 4.84 Å². The second kappa shape index (κ2) is 5.75. The topological polar surface area (TPSA) is 33.3 Å². The van der Waals surface area contributed by atoms with Crippen LogP contribution in [0.15, 0.2) is 36.5 Å². The SMILES string of the molecule is C=CCON[C@H]1CNCC=C1C(=C)C. The third-order valence-electron chi connectivity index (χ3n) is 2.11. The van der Waals surface area contributed by atoms with Crippen LogP contribution in [0.2, 0.25) is 0 Å². The van der Waals surface area contributed by atoms with E-state index >= 15 is 0 Å². The van der Waals surface area contributed by atoms with E-state index in [0.29, 0.717) is 6.61 Å². The Morgan fingerprint density at radius 3 is 3.29 bits per heavy atom. The van der Waals surface area contributed by atoms with Crippen LogP contribution >= 0.6 is 0 Å². The van der Waals surface area contributed by atoms with Crippen LogP contribution in [0.4, 0.5) is 0 Å². The van der Waals surface area contributed by atoms with E-state index in [2.05, 4.69) is 30.0 Å². The second-order valence-corrected chi connectivity index (χ2v) is 3.37. The highest BCUT2D eigenvalue weighted by molar-refractivity contribution is 5.33. The van der Waals surface area contributed by atoms with Gasteiger partial charge in [0.2, 0.25) is 0 Å². The summed E-state index contributed by atoms with van der Waals surface area (Å²) in [6.45, 7) is 11.8. The molecule has 14 heavy (non-hydrogen) atoms. The van der Waals surface area contributed by atoms with Crippen molar-refractivity contribution in [3.63, 3.8) is 0 Å². The molecule has 0 aromatic heterocycles. The summed E-state index contributed by atoms with van der Waals surface area (Å²) in [5.74, 6) is 0. The molecule has 0 aliphatic carbocycles. The lowest BCUT2D eigenvalue weighted by molar-refractivity contribution is 0.0434. The molecule has 1 heterocycles. The standard InChI is InChI=1S/C11H18N2O/c1-4-7-14-13-11-8-12-6-5-10(11)9(2)3/h4-5,11-13H,1-2,6-8H2,3H3/t11-/m0/s1. The van der Waals surface area contributed by atoms with Gasteiger partial charge < -0.3 is 5.32 Å². The zero-order valence-corrected chi connectivity index (χ0v) is 8.68.